The van der Waals surface area contributed by atoms with Crippen LogP contribution in [0.3, 0.4) is 0 Å². The van der Waals surface area contributed by atoms with E-state index < -0.39 is 0 Å². The Balaban J connectivity index is 2.05. The van der Waals surface area contributed by atoms with Gasteiger partial charge in [0.15, 0.2) is 0 Å². The van der Waals surface area contributed by atoms with Crippen molar-refractivity contribution in [2.75, 3.05) is 11.4 Å². The van der Waals surface area contributed by atoms with Gasteiger partial charge in [0.05, 0.1) is 11.4 Å². The number of anilines is 2. The molecule has 0 spiro atoms. The number of hydrogen-bond acceptors (Lipinski definition) is 2. The molecule has 2 aromatic carbocycles. The molecule has 0 amide bonds. The van der Waals surface area contributed by atoms with E-state index in [2.05, 4.69) is 69.0 Å². The van der Waals surface area contributed by atoms with Crippen LogP contribution in [0.4, 0.5) is 11.4 Å². The monoisotopic (exact) mass is 297 g/mol. The van der Waals surface area contributed by atoms with Gasteiger partial charge in [0.1, 0.15) is 0 Å². The molecule has 0 N–H and O–H groups in total. The van der Waals surface area contributed by atoms with Crippen molar-refractivity contribution in [3.63, 3.8) is 0 Å². The summed E-state index contributed by atoms with van der Waals surface area (Å²) in [6, 6.07) is 13.6. The molecule has 0 atom stereocenters. The van der Waals surface area contributed by atoms with Gasteiger partial charge >= 0.3 is 0 Å². The third kappa shape index (κ3) is 2.96. The lowest BCUT2D eigenvalue weighted by Crippen LogP contribution is -2.23. The number of benzene rings is 2. The predicted octanol–water partition coefficient (Wildman–Crippen LogP) is 5.95. The second-order valence-corrected chi connectivity index (χ2v) is 7.46. The number of rotatable bonds is 3. The third-order valence-corrected chi connectivity index (χ3v) is 5.06. The van der Waals surface area contributed by atoms with Crippen molar-refractivity contribution in [3.05, 3.63) is 47.5 Å². The van der Waals surface area contributed by atoms with E-state index >= 15 is 0 Å². The van der Waals surface area contributed by atoms with Crippen LogP contribution in [0.1, 0.15) is 31.4 Å². The van der Waals surface area contributed by atoms with Gasteiger partial charge in [0, 0.05) is 16.3 Å². The molecule has 3 rings (SSSR count). The molecule has 1 heterocycles. The van der Waals surface area contributed by atoms with E-state index in [0.29, 0.717) is 0 Å². The molecule has 0 unspecified atom stereocenters. The molecular weight excluding hydrogens is 274 g/mol. The summed E-state index contributed by atoms with van der Waals surface area (Å²) < 4.78 is 0. The van der Waals surface area contributed by atoms with E-state index in [9.17, 15) is 0 Å². The summed E-state index contributed by atoms with van der Waals surface area (Å²) in [6.45, 7) is 10.0. The zero-order valence-electron chi connectivity index (χ0n) is 13.3. The fourth-order valence-corrected chi connectivity index (χ4v) is 4.02. The number of nitrogens with zero attached hydrogens (tertiary/aromatic N) is 1. The Kier molecular flexibility index (Phi) is 3.99. The summed E-state index contributed by atoms with van der Waals surface area (Å²) in [5.74, 6) is 0.724. The van der Waals surface area contributed by atoms with E-state index in [-0.39, 0.29) is 0 Å². The van der Waals surface area contributed by atoms with Gasteiger partial charge < -0.3 is 4.90 Å². The first-order valence-corrected chi connectivity index (χ1v) is 8.53. The number of hydrogen-bond donors (Lipinski definition) is 0. The second-order valence-electron chi connectivity index (χ2n) is 6.38. The van der Waals surface area contributed by atoms with Gasteiger partial charge in [-0.1, -0.05) is 37.7 Å². The summed E-state index contributed by atoms with van der Waals surface area (Å²) in [5.41, 5.74) is 5.40. The summed E-state index contributed by atoms with van der Waals surface area (Å²) in [6.07, 6.45) is 1.21. The molecule has 2 heteroatoms. The molecule has 1 aliphatic rings. The topological polar surface area (TPSA) is 3.24 Å². The van der Waals surface area contributed by atoms with Crippen LogP contribution >= 0.6 is 11.8 Å². The van der Waals surface area contributed by atoms with Crippen molar-refractivity contribution in [1.29, 1.82) is 0 Å². The Morgan fingerprint density at radius 1 is 0.905 bits per heavy atom. The van der Waals surface area contributed by atoms with E-state index in [0.717, 1.165) is 12.5 Å². The molecule has 2 aromatic rings. The maximum Gasteiger partial charge on any atom is 0.0553 e. The molecule has 0 aromatic heterocycles. The van der Waals surface area contributed by atoms with Crippen LogP contribution in [0.15, 0.2) is 46.2 Å². The highest BCUT2D eigenvalue weighted by Crippen LogP contribution is 2.48. The Morgan fingerprint density at radius 2 is 1.43 bits per heavy atom. The van der Waals surface area contributed by atoms with Crippen LogP contribution in [-0.4, -0.2) is 6.54 Å². The maximum atomic E-state index is 2.50. The van der Waals surface area contributed by atoms with E-state index in [4.69, 9.17) is 0 Å². The molecular formula is C19H23NS. The van der Waals surface area contributed by atoms with Crippen LogP contribution in [0.2, 0.25) is 0 Å². The highest BCUT2D eigenvalue weighted by Gasteiger charge is 2.23. The van der Waals surface area contributed by atoms with Gasteiger partial charge in [-0.05, 0) is 61.6 Å². The third-order valence-electron chi connectivity index (χ3n) is 3.96. The van der Waals surface area contributed by atoms with E-state index in [1.165, 1.54) is 38.7 Å². The maximum absolute atomic E-state index is 2.50. The molecule has 1 aliphatic heterocycles. The van der Waals surface area contributed by atoms with Crippen molar-refractivity contribution < 1.29 is 0 Å². The lowest BCUT2D eigenvalue weighted by Gasteiger charge is -2.33. The van der Waals surface area contributed by atoms with Gasteiger partial charge in [0.25, 0.3) is 0 Å². The quantitative estimate of drug-likeness (QED) is 0.688. The minimum absolute atomic E-state index is 0.724. The van der Waals surface area contributed by atoms with Crippen LogP contribution in [-0.2, 0) is 0 Å². The number of fused-ring (bicyclic) bond motifs is 2. The smallest absolute Gasteiger partial charge is 0.0553 e. The van der Waals surface area contributed by atoms with E-state index in [1.807, 2.05) is 11.8 Å². The molecule has 0 saturated heterocycles. The molecule has 1 nitrogen and oxygen atoms in total. The summed E-state index contributed by atoms with van der Waals surface area (Å²) in [7, 11) is 0. The Morgan fingerprint density at radius 3 is 1.90 bits per heavy atom. The summed E-state index contributed by atoms with van der Waals surface area (Å²) >= 11 is 1.91. The SMILES string of the molecule is Cc1ccc2c(c1)Sc1cc(C)ccc1N2CCC(C)C. The highest BCUT2D eigenvalue weighted by atomic mass is 32.2. The Labute approximate surface area is 132 Å². The zero-order valence-corrected chi connectivity index (χ0v) is 14.1. The van der Waals surface area contributed by atoms with Crippen LogP contribution in [0.25, 0.3) is 0 Å². The first-order chi connectivity index (χ1) is 10.0. The predicted molar refractivity (Wildman–Crippen MR) is 92.9 cm³/mol. The fourth-order valence-electron chi connectivity index (χ4n) is 2.73. The molecule has 0 aliphatic carbocycles. The average molecular weight is 297 g/mol. The zero-order chi connectivity index (χ0) is 15.0. The first-order valence-electron chi connectivity index (χ1n) is 7.71. The normalized spacial score (nSPS) is 13.3. The van der Waals surface area contributed by atoms with Crippen molar-refractivity contribution in [2.45, 2.75) is 43.9 Å². The highest BCUT2D eigenvalue weighted by molar-refractivity contribution is 7.99. The minimum Gasteiger partial charge on any atom is -0.340 e. The molecule has 21 heavy (non-hydrogen) atoms. The standard InChI is InChI=1S/C19H23NS/c1-13(2)9-10-20-16-7-5-14(3)11-18(16)21-19-12-15(4)6-8-17(19)20/h5-8,11-13H,9-10H2,1-4H3. The molecule has 0 radical (unpaired) electrons. The second kappa shape index (κ2) is 5.76. The summed E-state index contributed by atoms with van der Waals surface area (Å²) in [5, 5.41) is 0. The molecule has 0 bridgehead atoms. The van der Waals surface area contributed by atoms with Crippen molar-refractivity contribution in [3.8, 4) is 0 Å². The van der Waals surface area contributed by atoms with Gasteiger partial charge in [-0.3, -0.25) is 0 Å². The Hall–Kier alpha value is -1.41. The molecule has 110 valence electrons. The van der Waals surface area contributed by atoms with Gasteiger partial charge in [-0.15, -0.1) is 0 Å². The first kappa shape index (κ1) is 14.5. The van der Waals surface area contributed by atoms with Crippen LogP contribution < -0.4 is 4.90 Å². The van der Waals surface area contributed by atoms with Crippen molar-refractivity contribution in [2.24, 2.45) is 5.92 Å². The van der Waals surface area contributed by atoms with Crippen LogP contribution in [0.5, 0.6) is 0 Å². The average Bonchev–Trinajstić information content (AvgIpc) is 2.42. The van der Waals surface area contributed by atoms with Gasteiger partial charge in [-0.2, -0.15) is 0 Å². The van der Waals surface area contributed by atoms with Gasteiger partial charge in [-0.25, -0.2) is 0 Å². The largest absolute Gasteiger partial charge is 0.340 e. The van der Waals surface area contributed by atoms with Crippen molar-refractivity contribution in [1.82, 2.24) is 0 Å². The lowest BCUT2D eigenvalue weighted by atomic mass is 10.1. The van der Waals surface area contributed by atoms with E-state index in [1.54, 1.807) is 0 Å². The lowest BCUT2D eigenvalue weighted by molar-refractivity contribution is 0.589. The van der Waals surface area contributed by atoms with Crippen LogP contribution in [0, 0.1) is 19.8 Å². The number of aryl methyl sites for hydroxylation is 2. The molecule has 0 saturated carbocycles. The fraction of sp³-hybridized carbons (Fsp3) is 0.368. The molecule has 0 fully saturated rings. The summed E-state index contributed by atoms with van der Waals surface area (Å²) in [4.78, 5) is 5.27. The van der Waals surface area contributed by atoms with Crippen molar-refractivity contribution >= 4 is 23.1 Å². The Bertz CT molecular complexity index is 609. The van der Waals surface area contributed by atoms with Gasteiger partial charge in [0.2, 0.25) is 0 Å². The minimum atomic E-state index is 0.724.